The highest BCUT2D eigenvalue weighted by atomic mass is 16.8. The van der Waals surface area contributed by atoms with E-state index in [1.54, 1.807) is 0 Å². The summed E-state index contributed by atoms with van der Waals surface area (Å²) in [6, 6.07) is 20.2. The lowest BCUT2D eigenvalue weighted by molar-refractivity contribution is -0.138. The average molecular weight is 392 g/mol. The minimum atomic E-state index is -0.775. The zero-order valence-electron chi connectivity index (χ0n) is 16.5. The zero-order valence-corrected chi connectivity index (χ0v) is 16.5. The quantitative estimate of drug-likeness (QED) is 0.793. The highest BCUT2D eigenvalue weighted by molar-refractivity contribution is 5.93. The fourth-order valence-electron chi connectivity index (χ4n) is 3.91. The van der Waals surface area contributed by atoms with Crippen LogP contribution in [0, 0.1) is 0 Å². The van der Waals surface area contributed by atoms with Crippen molar-refractivity contribution in [2.75, 3.05) is 13.2 Å². The lowest BCUT2D eigenvalue weighted by atomic mass is 10.1. The van der Waals surface area contributed by atoms with Crippen LogP contribution in [-0.4, -0.2) is 43.0 Å². The van der Waals surface area contributed by atoms with Gasteiger partial charge in [0.15, 0.2) is 18.0 Å². The fourth-order valence-corrected chi connectivity index (χ4v) is 3.91. The van der Waals surface area contributed by atoms with E-state index in [-0.39, 0.29) is 12.1 Å². The van der Waals surface area contributed by atoms with E-state index >= 15 is 0 Å². The van der Waals surface area contributed by atoms with Crippen LogP contribution in [0.5, 0.6) is 0 Å². The van der Waals surface area contributed by atoms with Gasteiger partial charge in [0.25, 0.3) is 0 Å². The predicted molar refractivity (Wildman–Crippen MR) is 109 cm³/mol. The fraction of sp³-hybridized carbons (Fsp3) is 0.391. The molecule has 0 aliphatic carbocycles. The van der Waals surface area contributed by atoms with Crippen LogP contribution in [0.2, 0.25) is 0 Å². The largest absolute Gasteiger partial charge is 0.476 e. The molecule has 0 N–H and O–H groups in total. The number of ether oxygens (including phenoxy) is 4. The standard InChI is InChI=1S/C23H24N2O4/c1-23(2)28-19(21-24-17(13-26-21)15-9-5-3-6-10-15)20(29-23)22-25-18(14-27-22)16-11-7-4-8-12-16/h3-12,17-20H,13-14H2,1-2H3. The molecule has 0 spiro atoms. The molecule has 1 saturated heterocycles. The van der Waals surface area contributed by atoms with Crippen molar-refractivity contribution in [1.29, 1.82) is 0 Å². The molecule has 3 heterocycles. The highest BCUT2D eigenvalue weighted by Gasteiger charge is 2.50. The molecule has 0 aromatic heterocycles. The Bertz CT molecular complexity index is 851. The Morgan fingerprint density at radius 1 is 0.690 bits per heavy atom. The second-order valence-electron chi connectivity index (χ2n) is 7.89. The molecule has 0 amide bonds. The molecule has 3 aliphatic heterocycles. The molecular formula is C23H24N2O4. The third kappa shape index (κ3) is 3.66. The molecule has 2 aromatic carbocycles. The van der Waals surface area contributed by atoms with Crippen LogP contribution in [-0.2, 0) is 18.9 Å². The lowest BCUT2D eigenvalue weighted by Crippen LogP contribution is -2.37. The topological polar surface area (TPSA) is 61.6 Å². The van der Waals surface area contributed by atoms with E-state index < -0.39 is 18.0 Å². The Morgan fingerprint density at radius 3 is 1.52 bits per heavy atom. The van der Waals surface area contributed by atoms with Crippen LogP contribution >= 0.6 is 0 Å². The number of aliphatic imine (C=N–C) groups is 2. The van der Waals surface area contributed by atoms with Crippen molar-refractivity contribution in [2.24, 2.45) is 9.98 Å². The van der Waals surface area contributed by atoms with Gasteiger partial charge in [0, 0.05) is 0 Å². The van der Waals surface area contributed by atoms with Crippen molar-refractivity contribution >= 4 is 11.8 Å². The van der Waals surface area contributed by atoms with Crippen LogP contribution in [0.4, 0.5) is 0 Å². The van der Waals surface area contributed by atoms with E-state index in [9.17, 15) is 0 Å². The summed E-state index contributed by atoms with van der Waals surface area (Å²) in [6.45, 7) is 4.75. The molecular weight excluding hydrogens is 368 g/mol. The maximum absolute atomic E-state index is 6.14. The van der Waals surface area contributed by atoms with Crippen LogP contribution in [0.15, 0.2) is 70.6 Å². The Kier molecular flexibility index (Phi) is 4.60. The normalized spacial score (nSPS) is 30.4. The molecule has 0 bridgehead atoms. The first kappa shape index (κ1) is 18.3. The minimum Gasteiger partial charge on any atom is -0.476 e. The molecule has 4 atom stereocenters. The highest BCUT2D eigenvalue weighted by Crippen LogP contribution is 2.36. The van der Waals surface area contributed by atoms with Crippen LogP contribution in [0.25, 0.3) is 0 Å². The molecule has 29 heavy (non-hydrogen) atoms. The van der Waals surface area contributed by atoms with Gasteiger partial charge < -0.3 is 18.9 Å². The van der Waals surface area contributed by atoms with Gasteiger partial charge in [-0.3, -0.25) is 0 Å². The predicted octanol–water partition coefficient (Wildman–Crippen LogP) is 3.85. The van der Waals surface area contributed by atoms with Gasteiger partial charge in [-0.1, -0.05) is 60.7 Å². The first-order chi connectivity index (χ1) is 14.1. The molecule has 0 radical (unpaired) electrons. The van der Waals surface area contributed by atoms with Crippen molar-refractivity contribution in [3.63, 3.8) is 0 Å². The van der Waals surface area contributed by atoms with E-state index in [2.05, 4.69) is 24.3 Å². The van der Waals surface area contributed by atoms with Gasteiger partial charge >= 0.3 is 0 Å². The van der Waals surface area contributed by atoms with Crippen molar-refractivity contribution in [1.82, 2.24) is 0 Å². The molecule has 2 aromatic rings. The monoisotopic (exact) mass is 392 g/mol. The molecule has 6 heteroatoms. The summed E-state index contributed by atoms with van der Waals surface area (Å²) in [7, 11) is 0. The van der Waals surface area contributed by atoms with Gasteiger partial charge in [0.2, 0.25) is 11.8 Å². The first-order valence-electron chi connectivity index (χ1n) is 9.95. The molecule has 3 aliphatic rings. The molecule has 0 saturated carbocycles. The van der Waals surface area contributed by atoms with E-state index in [1.807, 2.05) is 50.2 Å². The van der Waals surface area contributed by atoms with Crippen molar-refractivity contribution in [2.45, 2.75) is 43.9 Å². The van der Waals surface area contributed by atoms with E-state index in [1.165, 1.54) is 0 Å². The molecule has 6 nitrogen and oxygen atoms in total. The summed E-state index contributed by atoms with van der Waals surface area (Å²) in [5.41, 5.74) is 2.24. The molecule has 5 rings (SSSR count). The van der Waals surface area contributed by atoms with Crippen molar-refractivity contribution < 1.29 is 18.9 Å². The van der Waals surface area contributed by atoms with Crippen molar-refractivity contribution in [3.8, 4) is 0 Å². The molecule has 150 valence electrons. The zero-order chi connectivity index (χ0) is 19.8. The van der Waals surface area contributed by atoms with E-state index in [0.717, 1.165) is 11.1 Å². The number of rotatable bonds is 4. The SMILES string of the molecule is CC1(C)OC(C2=NC(c3ccccc3)CO2)C(C2=NC(c3ccccc3)CO2)O1. The van der Waals surface area contributed by atoms with Gasteiger partial charge in [-0.2, -0.15) is 0 Å². The summed E-state index contributed by atoms with van der Waals surface area (Å²) in [5.74, 6) is 0.315. The second kappa shape index (κ2) is 7.28. The summed E-state index contributed by atoms with van der Waals surface area (Å²) in [6.07, 6.45) is -0.959. The van der Waals surface area contributed by atoms with Gasteiger partial charge in [-0.05, 0) is 25.0 Å². The third-order valence-electron chi connectivity index (χ3n) is 5.30. The lowest BCUT2D eigenvalue weighted by Gasteiger charge is -2.16. The maximum Gasteiger partial charge on any atom is 0.217 e. The van der Waals surface area contributed by atoms with Gasteiger partial charge in [0.1, 0.15) is 25.3 Å². The molecule has 4 unspecified atom stereocenters. The number of nitrogens with zero attached hydrogens (tertiary/aromatic N) is 2. The maximum atomic E-state index is 6.14. The Labute approximate surface area is 170 Å². The van der Waals surface area contributed by atoms with E-state index in [4.69, 9.17) is 28.9 Å². The van der Waals surface area contributed by atoms with Crippen LogP contribution < -0.4 is 0 Å². The first-order valence-corrected chi connectivity index (χ1v) is 9.95. The van der Waals surface area contributed by atoms with E-state index in [0.29, 0.717) is 25.0 Å². The summed E-state index contributed by atoms with van der Waals surface area (Å²) < 4.78 is 24.2. The Balaban J connectivity index is 1.39. The second-order valence-corrected chi connectivity index (χ2v) is 7.89. The summed E-state index contributed by atoms with van der Waals surface area (Å²) in [4.78, 5) is 9.57. The van der Waals surface area contributed by atoms with Crippen LogP contribution in [0.1, 0.15) is 37.1 Å². The van der Waals surface area contributed by atoms with Crippen molar-refractivity contribution in [3.05, 3.63) is 71.8 Å². The number of hydrogen-bond donors (Lipinski definition) is 0. The minimum absolute atomic E-state index is 0.0392. The van der Waals surface area contributed by atoms with Crippen LogP contribution in [0.3, 0.4) is 0 Å². The number of hydrogen-bond acceptors (Lipinski definition) is 6. The Morgan fingerprint density at radius 2 is 1.10 bits per heavy atom. The summed E-state index contributed by atoms with van der Waals surface area (Å²) in [5, 5.41) is 0. The third-order valence-corrected chi connectivity index (χ3v) is 5.30. The smallest absolute Gasteiger partial charge is 0.217 e. The average Bonchev–Trinajstić information content (AvgIpc) is 3.47. The van der Waals surface area contributed by atoms with Gasteiger partial charge in [-0.15, -0.1) is 0 Å². The Hall–Kier alpha value is -2.70. The van der Waals surface area contributed by atoms with Gasteiger partial charge in [-0.25, -0.2) is 9.98 Å². The number of benzene rings is 2. The van der Waals surface area contributed by atoms with Gasteiger partial charge in [0.05, 0.1) is 0 Å². The summed E-state index contributed by atoms with van der Waals surface area (Å²) >= 11 is 0. The molecule has 1 fully saturated rings.